The molecule has 8 heteroatoms. The molecule has 0 aliphatic carbocycles. The van der Waals surface area contributed by atoms with Crippen LogP contribution in [0.1, 0.15) is 16.6 Å². The Morgan fingerprint density at radius 2 is 2.21 bits per heavy atom. The van der Waals surface area contributed by atoms with E-state index in [-0.39, 0.29) is 6.61 Å². The van der Waals surface area contributed by atoms with E-state index in [1.165, 1.54) is 23.1 Å². The molecule has 0 aliphatic heterocycles. The predicted octanol–water partition coefficient (Wildman–Crippen LogP) is 4.49. The molecule has 0 radical (unpaired) electrons. The molecule has 1 aromatic carbocycles. The second-order valence-electron chi connectivity index (χ2n) is 4.81. The summed E-state index contributed by atoms with van der Waals surface area (Å²) in [6.07, 6.45) is 1.89. The van der Waals surface area contributed by atoms with E-state index in [2.05, 4.69) is 9.97 Å². The smallest absolute Gasteiger partial charge is 0.350 e. The number of thiophene rings is 1. The second kappa shape index (κ2) is 6.96. The van der Waals surface area contributed by atoms with Crippen molar-refractivity contribution in [3.8, 4) is 11.3 Å². The Morgan fingerprint density at radius 1 is 1.42 bits per heavy atom. The van der Waals surface area contributed by atoms with Gasteiger partial charge in [0.05, 0.1) is 23.4 Å². The van der Waals surface area contributed by atoms with Crippen LogP contribution in [0.5, 0.6) is 0 Å². The largest absolute Gasteiger partial charge is 0.462 e. The zero-order chi connectivity index (χ0) is 17.3. The van der Waals surface area contributed by atoms with E-state index in [4.69, 9.17) is 22.1 Å². The lowest BCUT2D eigenvalue weighted by molar-refractivity contribution is 0.0533. The number of hydrogen-bond donors (Lipinski definition) is 1. The minimum absolute atomic E-state index is 0.287. The van der Waals surface area contributed by atoms with Gasteiger partial charge in [-0.2, -0.15) is 0 Å². The molecular weight excluding hydrogens is 366 g/mol. The molecule has 0 atom stereocenters. The summed E-state index contributed by atoms with van der Waals surface area (Å²) in [4.78, 5) is 22.2. The highest BCUT2D eigenvalue weighted by molar-refractivity contribution is 7.98. The SMILES string of the molecule is CCOC(=O)c1sc2nc(SC)nc(-c3cccc(Cl)c3)c2c1N. The van der Waals surface area contributed by atoms with Crippen molar-refractivity contribution in [1.82, 2.24) is 9.97 Å². The number of esters is 1. The van der Waals surface area contributed by atoms with Gasteiger partial charge in [-0.3, -0.25) is 0 Å². The van der Waals surface area contributed by atoms with Crippen molar-refractivity contribution < 1.29 is 9.53 Å². The number of rotatable bonds is 4. The van der Waals surface area contributed by atoms with Gasteiger partial charge in [0.25, 0.3) is 0 Å². The first-order chi connectivity index (χ1) is 11.5. The number of aromatic nitrogens is 2. The molecule has 2 heterocycles. The number of hydrogen-bond acceptors (Lipinski definition) is 7. The lowest BCUT2D eigenvalue weighted by atomic mass is 10.1. The standard InChI is InChI=1S/C16H14ClN3O2S2/c1-3-22-15(21)13-11(18)10-12(8-5-4-6-9(17)7-8)19-16(23-2)20-14(10)24-13/h4-7H,3,18H2,1-2H3. The Kier molecular flexibility index (Phi) is 4.93. The molecule has 0 spiro atoms. The number of ether oxygens (including phenoxy) is 1. The fourth-order valence-electron chi connectivity index (χ4n) is 2.29. The fourth-order valence-corrected chi connectivity index (χ4v) is 3.89. The molecule has 0 aliphatic rings. The average molecular weight is 380 g/mol. The Morgan fingerprint density at radius 3 is 2.88 bits per heavy atom. The van der Waals surface area contributed by atoms with Gasteiger partial charge in [0.1, 0.15) is 9.71 Å². The van der Waals surface area contributed by atoms with Crippen LogP contribution in [0.4, 0.5) is 5.69 Å². The Labute approximate surface area is 152 Å². The number of benzene rings is 1. The molecule has 24 heavy (non-hydrogen) atoms. The summed E-state index contributed by atoms with van der Waals surface area (Å²) in [7, 11) is 0. The first-order valence-corrected chi connectivity index (χ1v) is 9.54. The lowest BCUT2D eigenvalue weighted by Crippen LogP contribution is -2.05. The number of halogens is 1. The van der Waals surface area contributed by atoms with Gasteiger partial charge >= 0.3 is 5.97 Å². The van der Waals surface area contributed by atoms with Crippen molar-refractivity contribution in [2.24, 2.45) is 0 Å². The van der Waals surface area contributed by atoms with Gasteiger partial charge < -0.3 is 10.5 Å². The van der Waals surface area contributed by atoms with Gasteiger partial charge in [0, 0.05) is 10.6 Å². The number of nitrogen functional groups attached to an aromatic ring is 1. The Hall–Kier alpha value is -1.83. The molecule has 0 amide bonds. The lowest BCUT2D eigenvalue weighted by Gasteiger charge is -2.06. The molecule has 0 fully saturated rings. The third-order valence-electron chi connectivity index (χ3n) is 3.31. The predicted molar refractivity (Wildman–Crippen MR) is 100 cm³/mol. The fraction of sp³-hybridized carbons (Fsp3) is 0.188. The van der Waals surface area contributed by atoms with Gasteiger partial charge in [0.2, 0.25) is 0 Å². The Bertz CT molecular complexity index is 927. The number of anilines is 1. The maximum atomic E-state index is 12.1. The maximum Gasteiger partial charge on any atom is 0.350 e. The van der Waals surface area contributed by atoms with E-state index in [1.807, 2.05) is 24.5 Å². The van der Waals surface area contributed by atoms with Crippen LogP contribution in [0.2, 0.25) is 5.02 Å². The molecule has 5 nitrogen and oxygen atoms in total. The van der Waals surface area contributed by atoms with Crippen LogP contribution in [-0.4, -0.2) is 28.8 Å². The number of nitrogens with two attached hydrogens (primary N) is 1. The highest BCUT2D eigenvalue weighted by Crippen LogP contribution is 2.39. The summed E-state index contributed by atoms with van der Waals surface area (Å²) in [5.41, 5.74) is 8.06. The summed E-state index contributed by atoms with van der Waals surface area (Å²) >= 11 is 8.75. The monoisotopic (exact) mass is 379 g/mol. The molecule has 2 N–H and O–H groups in total. The summed E-state index contributed by atoms with van der Waals surface area (Å²) in [5.74, 6) is -0.444. The quantitative estimate of drug-likeness (QED) is 0.408. The topological polar surface area (TPSA) is 78.1 Å². The van der Waals surface area contributed by atoms with Crippen LogP contribution in [0.3, 0.4) is 0 Å². The normalized spacial score (nSPS) is 11.0. The van der Waals surface area contributed by atoms with E-state index < -0.39 is 5.97 Å². The third kappa shape index (κ3) is 3.07. The van der Waals surface area contributed by atoms with Crippen LogP contribution in [0.25, 0.3) is 21.5 Å². The van der Waals surface area contributed by atoms with Crippen LogP contribution < -0.4 is 5.73 Å². The third-order valence-corrected chi connectivity index (χ3v) is 5.17. The van der Waals surface area contributed by atoms with Gasteiger partial charge in [-0.25, -0.2) is 14.8 Å². The zero-order valence-corrected chi connectivity index (χ0v) is 15.4. The van der Waals surface area contributed by atoms with E-state index in [0.29, 0.717) is 36.7 Å². The minimum atomic E-state index is -0.444. The number of carbonyl (C=O) groups excluding carboxylic acids is 1. The van der Waals surface area contributed by atoms with E-state index in [1.54, 1.807) is 13.0 Å². The van der Waals surface area contributed by atoms with Gasteiger partial charge in [-0.05, 0) is 25.3 Å². The summed E-state index contributed by atoms with van der Waals surface area (Å²) in [5, 5.41) is 1.86. The molecule has 3 aromatic rings. The Balaban J connectivity index is 2.29. The summed E-state index contributed by atoms with van der Waals surface area (Å²) in [6.45, 7) is 2.04. The maximum absolute atomic E-state index is 12.1. The molecule has 0 unspecified atom stereocenters. The highest BCUT2D eigenvalue weighted by atomic mass is 35.5. The van der Waals surface area contributed by atoms with E-state index >= 15 is 0 Å². The first kappa shape index (κ1) is 17.0. The number of thioether (sulfide) groups is 1. The summed E-state index contributed by atoms with van der Waals surface area (Å²) in [6, 6.07) is 7.35. The molecule has 0 saturated heterocycles. The van der Waals surface area contributed by atoms with Crippen LogP contribution >= 0.6 is 34.7 Å². The first-order valence-electron chi connectivity index (χ1n) is 7.12. The number of fused-ring (bicyclic) bond motifs is 1. The minimum Gasteiger partial charge on any atom is -0.462 e. The van der Waals surface area contributed by atoms with Crippen molar-refractivity contribution in [3.63, 3.8) is 0 Å². The molecule has 124 valence electrons. The second-order valence-corrected chi connectivity index (χ2v) is 7.02. The molecular formula is C16H14ClN3O2S2. The van der Waals surface area contributed by atoms with Crippen molar-refractivity contribution in [3.05, 3.63) is 34.2 Å². The van der Waals surface area contributed by atoms with Crippen molar-refractivity contribution in [2.75, 3.05) is 18.6 Å². The van der Waals surface area contributed by atoms with E-state index in [9.17, 15) is 4.79 Å². The van der Waals surface area contributed by atoms with Crippen molar-refractivity contribution >= 4 is 56.6 Å². The number of carbonyl (C=O) groups is 1. The van der Waals surface area contributed by atoms with Crippen LogP contribution in [0, 0.1) is 0 Å². The molecule has 0 bridgehead atoms. The van der Waals surface area contributed by atoms with E-state index in [0.717, 1.165) is 5.56 Å². The van der Waals surface area contributed by atoms with Gasteiger partial charge in [0.15, 0.2) is 5.16 Å². The summed E-state index contributed by atoms with van der Waals surface area (Å²) < 4.78 is 5.08. The molecule has 2 aromatic heterocycles. The molecule has 0 saturated carbocycles. The van der Waals surface area contributed by atoms with Crippen molar-refractivity contribution in [2.45, 2.75) is 12.1 Å². The molecule has 3 rings (SSSR count). The van der Waals surface area contributed by atoms with Crippen LogP contribution in [-0.2, 0) is 4.74 Å². The zero-order valence-electron chi connectivity index (χ0n) is 13.0. The van der Waals surface area contributed by atoms with Gasteiger partial charge in [-0.1, -0.05) is 35.5 Å². The van der Waals surface area contributed by atoms with Crippen LogP contribution in [0.15, 0.2) is 29.4 Å². The van der Waals surface area contributed by atoms with Gasteiger partial charge in [-0.15, -0.1) is 11.3 Å². The highest BCUT2D eigenvalue weighted by Gasteiger charge is 2.22. The number of nitrogens with zero attached hydrogens (tertiary/aromatic N) is 2. The average Bonchev–Trinajstić information content (AvgIpc) is 2.91. The van der Waals surface area contributed by atoms with Crippen molar-refractivity contribution in [1.29, 1.82) is 0 Å².